The quantitative estimate of drug-likeness (QED) is 0.746. The van der Waals surface area contributed by atoms with Gasteiger partial charge in [-0.3, -0.25) is 0 Å². The van der Waals surface area contributed by atoms with Crippen LogP contribution < -0.4 is 5.73 Å². The minimum atomic E-state index is -0.103. The fourth-order valence-electron chi connectivity index (χ4n) is 1.96. The zero-order valence-corrected chi connectivity index (χ0v) is 15.1. The smallest absolute Gasteiger partial charge is 0.162 e. The van der Waals surface area contributed by atoms with Crippen LogP contribution in [-0.2, 0) is 5.41 Å². The lowest BCUT2D eigenvalue weighted by atomic mass is 9.91. The van der Waals surface area contributed by atoms with Gasteiger partial charge in [0.05, 0.1) is 10.2 Å². The molecule has 0 saturated carbocycles. The summed E-state index contributed by atoms with van der Waals surface area (Å²) in [6, 6.07) is 6.04. The summed E-state index contributed by atoms with van der Waals surface area (Å²) in [5, 5.41) is 0. The molecule has 2 aromatic rings. The molecule has 1 heterocycles. The van der Waals surface area contributed by atoms with Gasteiger partial charge < -0.3 is 5.73 Å². The van der Waals surface area contributed by atoms with E-state index in [1.165, 1.54) is 0 Å². The van der Waals surface area contributed by atoms with Crippen molar-refractivity contribution in [2.75, 3.05) is 5.73 Å². The Labute approximate surface area is 136 Å². The van der Waals surface area contributed by atoms with E-state index in [1.807, 2.05) is 25.1 Å². The van der Waals surface area contributed by atoms with E-state index >= 15 is 0 Å². The minimum Gasteiger partial charge on any atom is -0.383 e. The highest BCUT2D eigenvalue weighted by Gasteiger charge is 2.23. The van der Waals surface area contributed by atoms with Gasteiger partial charge in [-0.15, -0.1) is 0 Å². The van der Waals surface area contributed by atoms with Gasteiger partial charge in [0.1, 0.15) is 5.82 Å². The first kappa shape index (κ1) is 15.4. The highest BCUT2D eigenvalue weighted by atomic mass is 79.9. The van der Waals surface area contributed by atoms with E-state index in [1.54, 1.807) is 0 Å². The molecule has 0 saturated heterocycles. The van der Waals surface area contributed by atoms with Gasteiger partial charge in [0, 0.05) is 15.5 Å². The summed E-state index contributed by atoms with van der Waals surface area (Å²) in [6.45, 7) is 8.37. The molecule has 0 bridgehead atoms. The van der Waals surface area contributed by atoms with Gasteiger partial charge in [-0.1, -0.05) is 36.7 Å². The number of benzene rings is 1. The molecule has 0 aliphatic rings. The zero-order valence-electron chi connectivity index (χ0n) is 12.0. The predicted molar refractivity (Wildman–Crippen MR) is 90.7 cm³/mol. The van der Waals surface area contributed by atoms with E-state index in [9.17, 15) is 0 Å². The summed E-state index contributed by atoms with van der Waals surface area (Å²) in [5.74, 6) is 1.14. The number of aromatic nitrogens is 2. The molecular formula is C15H17Br2N3. The maximum atomic E-state index is 6.03. The van der Waals surface area contributed by atoms with E-state index in [2.05, 4.69) is 57.6 Å². The predicted octanol–water partition coefficient (Wildman–Crippen LogP) is 4.86. The average Bonchev–Trinajstić information content (AvgIpc) is 2.31. The summed E-state index contributed by atoms with van der Waals surface area (Å²) in [6.07, 6.45) is 0. The first-order chi connectivity index (χ1) is 9.20. The van der Waals surface area contributed by atoms with Crippen molar-refractivity contribution in [1.29, 1.82) is 0 Å². The van der Waals surface area contributed by atoms with Crippen LogP contribution in [0, 0.1) is 6.92 Å². The fraction of sp³-hybridized carbons (Fsp3) is 0.333. The Hall–Kier alpha value is -0.940. The van der Waals surface area contributed by atoms with Gasteiger partial charge in [-0.25, -0.2) is 9.97 Å². The lowest BCUT2D eigenvalue weighted by Crippen LogP contribution is -2.17. The maximum Gasteiger partial charge on any atom is 0.162 e. The molecular weight excluding hydrogens is 382 g/mol. The van der Waals surface area contributed by atoms with Gasteiger partial charge in [0.15, 0.2) is 5.82 Å². The van der Waals surface area contributed by atoms with E-state index < -0.39 is 0 Å². The minimum absolute atomic E-state index is 0.103. The van der Waals surface area contributed by atoms with Crippen molar-refractivity contribution >= 4 is 37.7 Å². The molecule has 0 spiro atoms. The number of anilines is 1. The Balaban J connectivity index is 2.67. The van der Waals surface area contributed by atoms with Crippen molar-refractivity contribution in [3.63, 3.8) is 0 Å². The molecule has 2 N–H and O–H groups in total. The van der Waals surface area contributed by atoms with Crippen LogP contribution in [0.2, 0.25) is 0 Å². The third-order valence-electron chi connectivity index (χ3n) is 3.02. The molecule has 0 fully saturated rings. The molecule has 0 amide bonds. The number of rotatable bonds is 1. The van der Waals surface area contributed by atoms with Crippen molar-refractivity contribution < 1.29 is 0 Å². The second-order valence-corrected chi connectivity index (χ2v) is 7.51. The van der Waals surface area contributed by atoms with Crippen LogP contribution in [0.4, 0.5) is 5.82 Å². The average molecular weight is 399 g/mol. The van der Waals surface area contributed by atoms with Crippen molar-refractivity contribution in [2.24, 2.45) is 0 Å². The zero-order chi connectivity index (χ0) is 15.1. The Morgan fingerprint density at radius 2 is 1.75 bits per heavy atom. The molecule has 0 unspecified atom stereocenters. The molecule has 1 aromatic heterocycles. The Kier molecular flexibility index (Phi) is 4.21. The third kappa shape index (κ3) is 3.04. The van der Waals surface area contributed by atoms with Crippen LogP contribution >= 0.6 is 31.9 Å². The van der Waals surface area contributed by atoms with Crippen molar-refractivity contribution in [3.05, 3.63) is 38.4 Å². The second-order valence-electron chi connectivity index (χ2n) is 5.80. The Bertz CT molecular complexity index is 661. The van der Waals surface area contributed by atoms with E-state index in [-0.39, 0.29) is 5.41 Å². The van der Waals surface area contributed by atoms with Gasteiger partial charge in [0.25, 0.3) is 0 Å². The number of aryl methyl sites for hydroxylation is 1. The fourth-order valence-corrected chi connectivity index (χ4v) is 3.21. The van der Waals surface area contributed by atoms with Crippen molar-refractivity contribution in [2.45, 2.75) is 33.1 Å². The summed E-state index contributed by atoms with van der Waals surface area (Å²) in [7, 11) is 0. The Morgan fingerprint density at radius 1 is 1.10 bits per heavy atom. The molecule has 0 aliphatic carbocycles. The molecule has 2 rings (SSSR count). The Morgan fingerprint density at radius 3 is 2.30 bits per heavy atom. The lowest BCUT2D eigenvalue weighted by Gasteiger charge is -2.21. The molecule has 0 aliphatic heterocycles. The molecule has 20 heavy (non-hydrogen) atoms. The summed E-state index contributed by atoms with van der Waals surface area (Å²) in [4.78, 5) is 9.12. The van der Waals surface area contributed by atoms with Crippen LogP contribution in [-0.4, -0.2) is 9.97 Å². The maximum absolute atomic E-state index is 6.03. The van der Waals surface area contributed by atoms with Gasteiger partial charge in [0.2, 0.25) is 0 Å². The van der Waals surface area contributed by atoms with Crippen LogP contribution in [0.5, 0.6) is 0 Å². The number of hydrogen-bond acceptors (Lipinski definition) is 3. The van der Waals surface area contributed by atoms with Crippen LogP contribution in [0.15, 0.2) is 27.1 Å². The summed E-state index contributed by atoms with van der Waals surface area (Å²) in [5.41, 5.74) is 8.95. The van der Waals surface area contributed by atoms with Crippen molar-refractivity contribution in [1.82, 2.24) is 9.97 Å². The standard InChI is InChI=1S/C15H17Br2N3/c1-8-7-9(16)5-6-10(8)14-19-12(15(2,3)4)11(17)13(18)20-14/h5-7H,1-4H3,(H2,18,19,20). The normalized spacial score (nSPS) is 11.7. The molecule has 0 radical (unpaired) electrons. The van der Waals surface area contributed by atoms with E-state index in [4.69, 9.17) is 10.7 Å². The summed E-state index contributed by atoms with van der Waals surface area (Å²) >= 11 is 6.96. The first-order valence-electron chi connectivity index (χ1n) is 6.30. The van der Waals surface area contributed by atoms with Gasteiger partial charge in [-0.05, 0) is 46.6 Å². The van der Waals surface area contributed by atoms with Crippen LogP contribution in [0.3, 0.4) is 0 Å². The highest BCUT2D eigenvalue weighted by Crippen LogP contribution is 2.34. The highest BCUT2D eigenvalue weighted by molar-refractivity contribution is 9.11. The van der Waals surface area contributed by atoms with Gasteiger partial charge in [-0.2, -0.15) is 0 Å². The van der Waals surface area contributed by atoms with Gasteiger partial charge >= 0.3 is 0 Å². The monoisotopic (exact) mass is 397 g/mol. The first-order valence-corrected chi connectivity index (χ1v) is 7.89. The topological polar surface area (TPSA) is 51.8 Å². The number of nitrogens with zero attached hydrogens (tertiary/aromatic N) is 2. The van der Waals surface area contributed by atoms with E-state index in [0.29, 0.717) is 11.6 Å². The van der Waals surface area contributed by atoms with Crippen molar-refractivity contribution in [3.8, 4) is 11.4 Å². The molecule has 3 nitrogen and oxygen atoms in total. The van der Waals surface area contributed by atoms with E-state index in [0.717, 1.165) is 25.8 Å². The lowest BCUT2D eigenvalue weighted by molar-refractivity contribution is 0.564. The second kappa shape index (κ2) is 5.45. The number of hydrogen-bond donors (Lipinski definition) is 1. The molecule has 106 valence electrons. The SMILES string of the molecule is Cc1cc(Br)ccc1-c1nc(N)c(Br)c(C(C)(C)C)n1. The number of halogens is 2. The third-order valence-corrected chi connectivity index (χ3v) is 4.29. The van der Waals surface area contributed by atoms with Crippen LogP contribution in [0.1, 0.15) is 32.0 Å². The number of nitrogen functional groups attached to an aromatic ring is 1. The number of nitrogens with two attached hydrogens (primary N) is 1. The van der Waals surface area contributed by atoms with Crippen LogP contribution in [0.25, 0.3) is 11.4 Å². The molecule has 5 heteroatoms. The molecule has 1 aromatic carbocycles. The summed E-state index contributed by atoms with van der Waals surface area (Å²) < 4.78 is 1.82. The molecule has 0 atom stereocenters. The largest absolute Gasteiger partial charge is 0.383 e.